The molecule has 0 radical (unpaired) electrons. The quantitative estimate of drug-likeness (QED) is 0.639. The van der Waals surface area contributed by atoms with Gasteiger partial charge in [0, 0.05) is 32.1 Å². The molecule has 1 aromatic rings. The summed E-state index contributed by atoms with van der Waals surface area (Å²) in [5, 5.41) is 5.80. The van der Waals surface area contributed by atoms with E-state index in [1.54, 1.807) is 0 Å². The van der Waals surface area contributed by atoms with Crippen LogP contribution in [0.1, 0.15) is 43.2 Å². The molecule has 2 aliphatic rings. The second-order valence-corrected chi connectivity index (χ2v) is 6.80. The van der Waals surface area contributed by atoms with Crippen LogP contribution >= 0.6 is 0 Å². The lowest BCUT2D eigenvalue weighted by atomic mass is 9.99. The molecule has 0 saturated heterocycles. The highest BCUT2D eigenvalue weighted by Gasteiger charge is 2.19. The van der Waals surface area contributed by atoms with E-state index in [4.69, 9.17) is 0 Å². The highest BCUT2D eigenvalue weighted by Crippen LogP contribution is 2.19. The number of benzene rings is 1. The Morgan fingerprint density at radius 3 is 2.84 bits per heavy atom. The number of rotatable bonds is 5. The predicted octanol–water partition coefficient (Wildman–Crippen LogP) is 2.76. The molecule has 25 heavy (non-hydrogen) atoms. The summed E-state index contributed by atoms with van der Waals surface area (Å²) in [4.78, 5) is 26.1. The Kier molecular flexibility index (Phi) is 6.09. The lowest BCUT2D eigenvalue weighted by Gasteiger charge is -2.29. The van der Waals surface area contributed by atoms with E-state index in [0.29, 0.717) is 25.9 Å². The van der Waals surface area contributed by atoms with Gasteiger partial charge in [0.2, 0.25) is 5.91 Å². The van der Waals surface area contributed by atoms with Crippen molar-refractivity contribution in [2.45, 2.75) is 51.1 Å². The van der Waals surface area contributed by atoms with Crippen LogP contribution < -0.4 is 10.6 Å². The molecule has 0 spiro atoms. The fourth-order valence-corrected chi connectivity index (χ4v) is 3.46. The average molecular weight is 341 g/mol. The molecule has 5 nitrogen and oxygen atoms in total. The van der Waals surface area contributed by atoms with Crippen molar-refractivity contribution in [3.05, 3.63) is 47.5 Å². The third-order valence-electron chi connectivity index (χ3n) is 4.91. The van der Waals surface area contributed by atoms with Crippen LogP contribution in [0, 0.1) is 0 Å². The first kappa shape index (κ1) is 17.5. The second-order valence-electron chi connectivity index (χ2n) is 6.80. The van der Waals surface area contributed by atoms with E-state index >= 15 is 0 Å². The summed E-state index contributed by atoms with van der Waals surface area (Å²) in [5.74, 6) is 0.173. The van der Waals surface area contributed by atoms with Crippen LogP contribution in [0.15, 0.2) is 36.4 Å². The normalized spacial score (nSPS) is 19.2. The van der Waals surface area contributed by atoms with E-state index in [2.05, 4.69) is 41.0 Å². The molecule has 1 heterocycles. The molecule has 1 aromatic carbocycles. The minimum absolute atomic E-state index is 0.142. The monoisotopic (exact) mass is 341 g/mol. The Bertz CT molecular complexity index is 642. The Morgan fingerprint density at radius 1 is 1.20 bits per heavy atom. The number of urea groups is 1. The van der Waals surface area contributed by atoms with E-state index in [1.165, 1.54) is 11.1 Å². The van der Waals surface area contributed by atoms with Gasteiger partial charge in [0.05, 0.1) is 0 Å². The summed E-state index contributed by atoms with van der Waals surface area (Å²) < 4.78 is 0. The summed E-state index contributed by atoms with van der Waals surface area (Å²) in [6.45, 7) is 2.02. The Hall–Kier alpha value is -2.30. The molecule has 1 aliphatic heterocycles. The average Bonchev–Trinajstić information content (AvgIpc) is 2.65. The Labute approximate surface area is 149 Å². The van der Waals surface area contributed by atoms with E-state index < -0.39 is 0 Å². The molecular formula is C20H27N3O2. The van der Waals surface area contributed by atoms with Gasteiger partial charge in [0.1, 0.15) is 0 Å². The Balaban J connectivity index is 1.34. The van der Waals surface area contributed by atoms with Crippen molar-refractivity contribution in [2.75, 3.05) is 13.1 Å². The third kappa shape index (κ3) is 5.08. The van der Waals surface area contributed by atoms with Crippen molar-refractivity contribution in [3.8, 4) is 0 Å². The zero-order chi connectivity index (χ0) is 17.5. The van der Waals surface area contributed by atoms with E-state index in [1.807, 2.05) is 11.0 Å². The fraction of sp³-hybridized carbons (Fsp3) is 0.500. The SMILES string of the molecule is O=C(NCCCC(=O)N1CCc2ccccc2C1)N[C@H]1C=CCCC1. The zero-order valence-electron chi connectivity index (χ0n) is 14.7. The van der Waals surface area contributed by atoms with Crippen molar-refractivity contribution in [1.29, 1.82) is 0 Å². The maximum Gasteiger partial charge on any atom is 0.315 e. The van der Waals surface area contributed by atoms with Gasteiger partial charge in [-0.3, -0.25) is 4.79 Å². The number of allylic oxidation sites excluding steroid dienone is 1. The highest BCUT2D eigenvalue weighted by atomic mass is 16.2. The van der Waals surface area contributed by atoms with Crippen LogP contribution in [-0.4, -0.2) is 36.0 Å². The minimum Gasteiger partial charge on any atom is -0.338 e. The van der Waals surface area contributed by atoms with Gasteiger partial charge >= 0.3 is 6.03 Å². The molecule has 3 rings (SSSR count). The number of nitrogens with one attached hydrogen (secondary N) is 2. The highest BCUT2D eigenvalue weighted by molar-refractivity contribution is 5.77. The number of amides is 3. The number of nitrogens with zero attached hydrogens (tertiary/aromatic N) is 1. The van der Waals surface area contributed by atoms with Crippen LogP contribution in [0.3, 0.4) is 0 Å². The van der Waals surface area contributed by atoms with Crippen LogP contribution in [0.25, 0.3) is 0 Å². The molecule has 3 amide bonds. The predicted molar refractivity (Wildman–Crippen MR) is 98.1 cm³/mol. The van der Waals surface area contributed by atoms with Gasteiger partial charge in [-0.2, -0.15) is 0 Å². The first-order valence-corrected chi connectivity index (χ1v) is 9.28. The van der Waals surface area contributed by atoms with Gasteiger partial charge in [-0.25, -0.2) is 4.79 Å². The van der Waals surface area contributed by atoms with Crippen molar-refractivity contribution in [3.63, 3.8) is 0 Å². The molecule has 0 bridgehead atoms. The largest absolute Gasteiger partial charge is 0.338 e. The van der Waals surface area contributed by atoms with Crippen LogP contribution in [-0.2, 0) is 17.8 Å². The lowest BCUT2D eigenvalue weighted by Crippen LogP contribution is -2.42. The molecule has 0 fully saturated rings. The molecule has 5 heteroatoms. The van der Waals surface area contributed by atoms with Crippen LogP contribution in [0.4, 0.5) is 4.79 Å². The van der Waals surface area contributed by atoms with Gasteiger partial charge < -0.3 is 15.5 Å². The summed E-state index contributed by atoms with van der Waals surface area (Å²) in [5.41, 5.74) is 2.60. The standard InChI is InChI=1S/C20H27N3O2/c24-19(23-14-12-16-7-4-5-8-17(16)15-23)11-6-13-21-20(25)22-18-9-2-1-3-10-18/h2,4-5,7-9,18H,1,3,6,10-15H2,(H2,21,22,25)/t18-/m0/s1. The molecule has 1 aliphatic carbocycles. The minimum atomic E-state index is -0.143. The van der Waals surface area contributed by atoms with Crippen LogP contribution in [0.5, 0.6) is 0 Å². The van der Waals surface area contributed by atoms with Crippen molar-refractivity contribution < 1.29 is 9.59 Å². The van der Waals surface area contributed by atoms with Gasteiger partial charge in [-0.05, 0) is 43.2 Å². The fourth-order valence-electron chi connectivity index (χ4n) is 3.46. The van der Waals surface area contributed by atoms with E-state index in [0.717, 1.165) is 32.2 Å². The molecular weight excluding hydrogens is 314 g/mol. The number of carbonyl (C=O) groups excluding carboxylic acids is 2. The van der Waals surface area contributed by atoms with Crippen molar-refractivity contribution in [1.82, 2.24) is 15.5 Å². The third-order valence-corrected chi connectivity index (χ3v) is 4.91. The molecule has 0 unspecified atom stereocenters. The summed E-state index contributed by atoms with van der Waals surface area (Å²) in [7, 11) is 0. The topological polar surface area (TPSA) is 61.4 Å². The van der Waals surface area contributed by atoms with Crippen molar-refractivity contribution in [2.24, 2.45) is 0 Å². The number of hydrogen-bond acceptors (Lipinski definition) is 2. The number of hydrogen-bond donors (Lipinski definition) is 2. The van der Waals surface area contributed by atoms with E-state index in [-0.39, 0.29) is 18.0 Å². The van der Waals surface area contributed by atoms with Gasteiger partial charge in [0.25, 0.3) is 0 Å². The second kappa shape index (κ2) is 8.70. The van der Waals surface area contributed by atoms with Gasteiger partial charge in [0.15, 0.2) is 0 Å². The first-order valence-electron chi connectivity index (χ1n) is 9.28. The maximum atomic E-state index is 12.4. The number of carbonyl (C=O) groups is 2. The maximum absolute atomic E-state index is 12.4. The molecule has 2 N–H and O–H groups in total. The Morgan fingerprint density at radius 2 is 2.04 bits per heavy atom. The van der Waals surface area contributed by atoms with Gasteiger partial charge in [-0.15, -0.1) is 0 Å². The molecule has 0 aromatic heterocycles. The van der Waals surface area contributed by atoms with Crippen molar-refractivity contribution >= 4 is 11.9 Å². The van der Waals surface area contributed by atoms with Crippen LogP contribution in [0.2, 0.25) is 0 Å². The summed E-state index contributed by atoms with van der Waals surface area (Å²) >= 11 is 0. The summed E-state index contributed by atoms with van der Waals surface area (Å²) in [6.07, 6.45) is 9.47. The van der Waals surface area contributed by atoms with Gasteiger partial charge in [-0.1, -0.05) is 36.4 Å². The zero-order valence-corrected chi connectivity index (χ0v) is 14.7. The lowest BCUT2D eigenvalue weighted by molar-refractivity contribution is -0.132. The van der Waals surface area contributed by atoms with E-state index in [9.17, 15) is 9.59 Å². The molecule has 0 saturated carbocycles. The molecule has 1 atom stereocenters. The summed E-state index contributed by atoms with van der Waals surface area (Å²) in [6, 6.07) is 8.31. The molecule has 134 valence electrons. The smallest absolute Gasteiger partial charge is 0.315 e. The number of fused-ring (bicyclic) bond motifs is 1. The first-order chi connectivity index (χ1) is 12.2.